The normalized spacial score (nSPS) is 11.6. The largest absolute Gasteiger partial charge is 0.449 e. The Labute approximate surface area is 243 Å². The molecular weight excluding hydrogens is 528 g/mol. The van der Waals surface area contributed by atoms with Crippen LogP contribution in [0, 0.1) is 13.8 Å². The maximum Gasteiger partial charge on any atom is 0.338 e. The summed E-state index contributed by atoms with van der Waals surface area (Å²) in [4.78, 5) is 47.2. The molecule has 0 saturated carbocycles. The minimum absolute atomic E-state index is 0.256. The third kappa shape index (κ3) is 6.18. The first-order chi connectivity index (χ1) is 20.2. The smallest absolute Gasteiger partial charge is 0.338 e. The topological polar surface area (TPSA) is 124 Å². The molecule has 5 rings (SSSR count). The Hall–Kier alpha value is -5.37. The second-order valence-corrected chi connectivity index (χ2v) is 10.1. The van der Waals surface area contributed by atoms with E-state index >= 15 is 0 Å². The number of nitrogens with two attached hydrogens (primary N) is 1. The summed E-state index contributed by atoms with van der Waals surface area (Å²) in [7, 11) is 0. The number of benzene rings is 4. The van der Waals surface area contributed by atoms with Crippen LogP contribution in [-0.4, -0.2) is 33.9 Å². The van der Waals surface area contributed by atoms with Gasteiger partial charge in [-0.2, -0.15) is 0 Å². The number of carbonyl (C=O) groups excluding carboxylic acids is 3. The van der Waals surface area contributed by atoms with Gasteiger partial charge < -0.3 is 15.8 Å². The monoisotopic (exact) mass is 558 g/mol. The predicted octanol–water partition coefficient (Wildman–Crippen LogP) is 6.25. The average Bonchev–Trinajstić information content (AvgIpc) is 3.00. The Kier molecular flexibility index (Phi) is 8.06. The summed E-state index contributed by atoms with van der Waals surface area (Å²) in [5, 5.41) is 2.71. The molecule has 1 heterocycles. The van der Waals surface area contributed by atoms with E-state index in [1.54, 1.807) is 37.3 Å². The number of nitrogens with zero attached hydrogens (tertiary/aromatic N) is 2. The number of aromatic nitrogens is 2. The molecule has 4 aromatic carbocycles. The van der Waals surface area contributed by atoms with Crippen molar-refractivity contribution < 1.29 is 19.1 Å². The fourth-order valence-corrected chi connectivity index (χ4v) is 4.47. The van der Waals surface area contributed by atoms with Crippen molar-refractivity contribution in [2.24, 2.45) is 5.73 Å². The Morgan fingerprint density at radius 2 is 1.26 bits per heavy atom. The summed E-state index contributed by atoms with van der Waals surface area (Å²) in [5.41, 5.74) is 13.0. The van der Waals surface area contributed by atoms with Gasteiger partial charge >= 0.3 is 5.97 Å². The number of rotatable bonds is 8. The van der Waals surface area contributed by atoms with Gasteiger partial charge in [0.15, 0.2) is 6.10 Å². The molecule has 2 amide bonds. The highest BCUT2D eigenvalue weighted by Gasteiger charge is 2.23. The Morgan fingerprint density at radius 3 is 1.79 bits per heavy atom. The molecule has 0 spiro atoms. The van der Waals surface area contributed by atoms with Crippen LogP contribution in [0.5, 0.6) is 0 Å². The zero-order valence-electron chi connectivity index (χ0n) is 23.5. The van der Waals surface area contributed by atoms with Gasteiger partial charge in [0.1, 0.15) is 0 Å². The van der Waals surface area contributed by atoms with E-state index in [9.17, 15) is 14.4 Å². The maximum atomic E-state index is 13.1. The number of primary amides is 1. The van der Waals surface area contributed by atoms with E-state index in [0.29, 0.717) is 28.0 Å². The molecule has 8 nitrogen and oxygen atoms in total. The van der Waals surface area contributed by atoms with Crippen molar-refractivity contribution in [3.63, 3.8) is 0 Å². The lowest BCUT2D eigenvalue weighted by Gasteiger charge is -2.16. The molecule has 0 radical (unpaired) electrons. The lowest BCUT2D eigenvalue weighted by atomic mass is 10.0. The van der Waals surface area contributed by atoms with Crippen LogP contribution >= 0.6 is 0 Å². The summed E-state index contributed by atoms with van der Waals surface area (Å²) in [6.07, 6.45) is -0.760. The van der Waals surface area contributed by atoms with Gasteiger partial charge in [-0.25, -0.2) is 14.8 Å². The number of carbonyl (C=O) groups is 3. The SMILES string of the molecule is CCC(OC(=O)c1ccc2nc(-c3ccc(C)cc3)c(-c3ccc(C)cc3)nc2c1)C(=O)Nc1ccc(C(N)=O)cc1. The quantitative estimate of drug-likeness (QED) is 0.217. The van der Waals surface area contributed by atoms with Crippen LogP contribution in [-0.2, 0) is 9.53 Å². The number of hydrogen-bond acceptors (Lipinski definition) is 6. The number of hydrogen-bond donors (Lipinski definition) is 2. The zero-order chi connectivity index (χ0) is 29.8. The lowest BCUT2D eigenvalue weighted by molar-refractivity contribution is -0.124. The van der Waals surface area contributed by atoms with Gasteiger partial charge in [-0.1, -0.05) is 66.6 Å². The molecule has 0 fully saturated rings. The highest BCUT2D eigenvalue weighted by Crippen LogP contribution is 2.32. The van der Waals surface area contributed by atoms with E-state index < -0.39 is 23.9 Å². The fraction of sp³-hybridized carbons (Fsp3) is 0.147. The van der Waals surface area contributed by atoms with Crippen LogP contribution in [0.1, 0.15) is 45.2 Å². The second-order valence-electron chi connectivity index (χ2n) is 10.1. The van der Waals surface area contributed by atoms with Crippen molar-refractivity contribution in [3.05, 3.63) is 113 Å². The summed E-state index contributed by atoms with van der Waals surface area (Å²) < 4.78 is 5.59. The molecule has 0 aliphatic carbocycles. The van der Waals surface area contributed by atoms with Crippen LogP contribution in [0.3, 0.4) is 0 Å². The van der Waals surface area contributed by atoms with E-state index in [-0.39, 0.29) is 12.0 Å². The van der Waals surface area contributed by atoms with E-state index in [2.05, 4.69) is 5.32 Å². The van der Waals surface area contributed by atoms with Gasteiger partial charge in [-0.3, -0.25) is 9.59 Å². The first-order valence-electron chi connectivity index (χ1n) is 13.6. The number of amides is 2. The van der Waals surface area contributed by atoms with Crippen molar-refractivity contribution in [2.45, 2.75) is 33.3 Å². The Balaban J connectivity index is 1.42. The molecule has 1 unspecified atom stereocenters. The molecule has 8 heteroatoms. The zero-order valence-corrected chi connectivity index (χ0v) is 23.5. The number of esters is 1. The van der Waals surface area contributed by atoms with Crippen LogP contribution < -0.4 is 11.1 Å². The van der Waals surface area contributed by atoms with Crippen molar-refractivity contribution in [2.75, 3.05) is 5.32 Å². The average molecular weight is 559 g/mol. The third-order valence-corrected chi connectivity index (χ3v) is 6.90. The van der Waals surface area contributed by atoms with Gasteiger partial charge in [0, 0.05) is 22.4 Å². The third-order valence-electron chi connectivity index (χ3n) is 6.90. The summed E-state index contributed by atoms with van der Waals surface area (Å²) in [6.45, 7) is 5.81. The minimum atomic E-state index is -1.03. The molecule has 5 aromatic rings. The van der Waals surface area contributed by atoms with E-state index in [0.717, 1.165) is 27.9 Å². The fourth-order valence-electron chi connectivity index (χ4n) is 4.47. The summed E-state index contributed by atoms with van der Waals surface area (Å²) >= 11 is 0. The van der Waals surface area contributed by atoms with Crippen LogP contribution in [0.25, 0.3) is 33.5 Å². The summed E-state index contributed by atoms with van der Waals surface area (Å²) in [6, 6.07) is 27.3. The van der Waals surface area contributed by atoms with Crippen LogP contribution in [0.4, 0.5) is 5.69 Å². The maximum absolute atomic E-state index is 13.1. The van der Waals surface area contributed by atoms with Crippen molar-refractivity contribution >= 4 is 34.5 Å². The molecule has 0 aliphatic rings. The van der Waals surface area contributed by atoms with Gasteiger partial charge in [-0.05, 0) is 62.7 Å². The van der Waals surface area contributed by atoms with Crippen LogP contribution in [0.2, 0.25) is 0 Å². The lowest BCUT2D eigenvalue weighted by Crippen LogP contribution is -2.32. The second kappa shape index (κ2) is 12.0. The molecule has 1 aromatic heterocycles. The van der Waals surface area contributed by atoms with E-state index in [4.69, 9.17) is 20.4 Å². The molecular formula is C34H30N4O4. The molecule has 3 N–H and O–H groups in total. The van der Waals surface area contributed by atoms with Crippen molar-refractivity contribution in [1.29, 1.82) is 0 Å². The highest BCUT2D eigenvalue weighted by molar-refractivity contribution is 5.99. The van der Waals surface area contributed by atoms with Gasteiger partial charge in [0.25, 0.3) is 5.91 Å². The van der Waals surface area contributed by atoms with Gasteiger partial charge in [-0.15, -0.1) is 0 Å². The Morgan fingerprint density at radius 1 is 0.738 bits per heavy atom. The minimum Gasteiger partial charge on any atom is -0.449 e. The predicted molar refractivity (Wildman–Crippen MR) is 163 cm³/mol. The molecule has 1 atom stereocenters. The Bertz CT molecular complexity index is 1780. The highest BCUT2D eigenvalue weighted by atomic mass is 16.5. The summed E-state index contributed by atoms with van der Waals surface area (Å²) in [5.74, 6) is -1.70. The number of fused-ring (bicyclic) bond motifs is 1. The van der Waals surface area contributed by atoms with Crippen molar-refractivity contribution in [1.82, 2.24) is 9.97 Å². The van der Waals surface area contributed by atoms with Gasteiger partial charge in [0.2, 0.25) is 5.91 Å². The van der Waals surface area contributed by atoms with Gasteiger partial charge in [0.05, 0.1) is 28.0 Å². The van der Waals surface area contributed by atoms with Crippen molar-refractivity contribution in [3.8, 4) is 22.5 Å². The number of anilines is 1. The van der Waals surface area contributed by atoms with E-state index in [1.807, 2.05) is 62.4 Å². The number of ether oxygens (including phenoxy) is 1. The molecule has 0 saturated heterocycles. The molecule has 0 aliphatic heterocycles. The molecule has 42 heavy (non-hydrogen) atoms. The molecule has 0 bridgehead atoms. The van der Waals surface area contributed by atoms with E-state index in [1.165, 1.54) is 12.1 Å². The number of nitrogens with one attached hydrogen (secondary N) is 1. The first-order valence-corrected chi connectivity index (χ1v) is 13.6. The van der Waals surface area contributed by atoms with Crippen LogP contribution in [0.15, 0.2) is 91.0 Å². The first kappa shape index (κ1) is 28.2. The standard InChI is InChI=1S/C34H30N4O4/c1-4-29(33(40)36-26-16-13-24(14-17-26)32(35)39)42-34(41)25-15-18-27-28(19-25)38-31(23-11-7-21(3)8-12-23)30(37-27)22-9-5-20(2)6-10-22/h5-19,29H,4H2,1-3H3,(H2,35,39)(H,36,40). The number of aryl methyl sites for hydroxylation is 2. The molecule has 210 valence electrons.